The maximum absolute atomic E-state index is 11.9. The summed E-state index contributed by atoms with van der Waals surface area (Å²) in [7, 11) is 0. The Morgan fingerprint density at radius 1 is 1.29 bits per heavy atom. The number of hydrogen-bond acceptors (Lipinski definition) is 2. The van der Waals surface area contributed by atoms with Crippen molar-refractivity contribution >= 4 is 12.0 Å². The average Bonchev–Trinajstić information content (AvgIpc) is 2.28. The smallest absolute Gasteiger partial charge is 0.338 e. The molecule has 0 fully saturated rings. The zero-order valence-corrected chi connectivity index (χ0v) is 10.6. The van der Waals surface area contributed by atoms with Gasteiger partial charge in [-0.15, -0.1) is 0 Å². The van der Waals surface area contributed by atoms with Crippen LogP contribution in [0, 0.1) is 0 Å². The molecule has 0 aliphatic carbocycles. The number of carbonyl (C=O) groups is 1. The average molecular weight is 230 g/mol. The molecule has 0 aliphatic heterocycles. The molecule has 0 spiro atoms. The maximum Gasteiger partial charge on any atom is 0.338 e. The molecule has 1 rings (SSSR count). The van der Waals surface area contributed by atoms with Crippen molar-refractivity contribution in [1.29, 1.82) is 0 Å². The van der Waals surface area contributed by atoms with Crippen LogP contribution in [0.4, 0.5) is 0 Å². The lowest BCUT2D eigenvalue weighted by atomic mass is 10.0. The van der Waals surface area contributed by atoms with Crippen molar-refractivity contribution in [2.45, 2.75) is 26.4 Å². The topological polar surface area (TPSA) is 26.3 Å². The lowest BCUT2D eigenvalue weighted by Crippen LogP contribution is -2.28. The normalized spacial score (nSPS) is 10.8. The Labute approximate surface area is 103 Å². The second kappa shape index (κ2) is 5.00. The molecule has 0 atom stereocenters. The van der Waals surface area contributed by atoms with Crippen LogP contribution in [-0.2, 0) is 4.74 Å². The summed E-state index contributed by atoms with van der Waals surface area (Å²) in [6.07, 6.45) is 1.73. The Hall–Kier alpha value is -1.83. The fourth-order valence-corrected chi connectivity index (χ4v) is 1.13. The Morgan fingerprint density at radius 3 is 2.24 bits per heavy atom. The third-order valence-electron chi connectivity index (χ3n) is 2.76. The summed E-state index contributed by atoms with van der Waals surface area (Å²) in [4.78, 5) is 11.9. The molecule has 0 aromatic heterocycles. The van der Waals surface area contributed by atoms with Gasteiger partial charge in [0.2, 0.25) is 0 Å². The van der Waals surface area contributed by atoms with Gasteiger partial charge in [0.25, 0.3) is 0 Å². The van der Waals surface area contributed by atoms with Gasteiger partial charge in [0.05, 0.1) is 5.56 Å². The summed E-state index contributed by atoms with van der Waals surface area (Å²) in [6, 6.07) is 7.12. The number of esters is 1. The van der Waals surface area contributed by atoms with Gasteiger partial charge in [0, 0.05) is 0 Å². The van der Waals surface area contributed by atoms with E-state index < -0.39 is 5.60 Å². The van der Waals surface area contributed by atoms with Crippen LogP contribution in [0.25, 0.3) is 6.08 Å². The lowest BCUT2D eigenvalue weighted by Gasteiger charge is -2.25. The van der Waals surface area contributed by atoms with Gasteiger partial charge in [0.1, 0.15) is 5.60 Å². The summed E-state index contributed by atoms with van der Waals surface area (Å²) in [5, 5.41) is 0. The standard InChI is InChI=1S/C15H18O2/c1-6-12-7-9-13(10-8-12)14(16)17-15(4,5)11(2)3/h6-10H,1-2H2,3-5H3. The van der Waals surface area contributed by atoms with E-state index in [2.05, 4.69) is 13.2 Å². The van der Waals surface area contributed by atoms with Gasteiger partial charge in [-0.1, -0.05) is 31.4 Å². The van der Waals surface area contributed by atoms with Crippen LogP contribution in [-0.4, -0.2) is 11.6 Å². The van der Waals surface area contributed by atoms with Crippen LogP contribution in [0.2, 0.25) is 0 Å². The van der Waals surface area contributed by atoms with E-state index in [9.17, 15) is 4.79 Å². The quantitative estimate of drug-likeness (QED) is 0.580. The predicted molar refractivity (Wildman–Crippen MR) is 70.8 cm³/mol. The Bertz CT molecular complexity index is 438. The van der Waals surface area contributed by atoms with Crippen molar-refractivity contribution in [2.24, 2.45) is 0 Å². The summed E-state index contributed by atoms with van der Waals surface area (Å²) < 4.78 is 5.39. The van der Waals surface area contributed by atoms with Crippen LogP contribution in [0.5, 0.6) is 0 Å². The zero-order valence-electron chi connectivity index (χ0n) is 10.6. The van der Waals surface area contributed by atoms with E-state index in [0.717, 1.165) is 11.1 Å². The van der Waals surface area contributed by atoms with Crippen LogP contribution < -0.4 is 0 Å². The highest BCUT2D eigenvalue weighted by Gasteiger charge is 2.24. The van der Waals surface area contributed by atoms with Gasteiger partial charge < -0.3 is 4.74 Å². The van der Waals surface area contributed by atoms with Crippen molar-refractivity contribution in [3.8, 4) is 0 Å². The fourth-order valence-electron chi connectivity index (χ4n) is 1.13. The van der Waals surface area contributed by atoms with E-state index in [1.807, 2.05) is 32.9 Å². The highest BCUT2D eigenvalue weighted by Crippen LogP contribution is 2.20. The Balaban J connectivity index is 2.83. The van der Waals surface area contributed by atoms with Gasteiger partial charge in [-0.05, 0) is 44.0 Å². The van der Waals surface area contributed by atoms with E-state index in [-0.39, 0.29) is 5.97 Å². The molecular formula is C15H18O2. The molecule has 0 aliphatic rings. The minimum absolute atomic E-state index is 0.339. The Kier molecular flexibility index (Phi) is 3.89. The number of carbonyl (C=O) groups excluding carboxylic acids is 1. The molecule has 2 heteroatoms. The number of hydrogen-bond donors (Lipinski definition) is 0. The van der Waals surface area contributed by atoms with Gasteiger partial charge in [-0.3, -0.25) is 0 Å². The zero-order chi connectivity index (χ0) is 13.1. The van der Waals surface area contributed by atoms with Crippen molar-refractivity contribution < 1.29 is 9.53 Å². The molecular weight excluding hydrogens is 212 g/mol. The number of rotatable bonds is 4. The van der Waals surface area contributed by atoms with Crippen molar-refractivity contribution in [1.82, 2.24) is 0 Å². The monoisotopic (exact) mass is 230 g/mol. The Morgan fingerprint density at radius 2 is 1.82 bits per heavy atom. The lowest BCUT2D eigenvalue weighted by molar-refractivity contribution is 0.0135. The van der Waals surface area contributed by atoms with E-state index in [0.29, 0.717) is 5.56 Å². The van der Waals surface area contributed by atoms with Gasteiger partial charge in [-0.25, -0.2) is 4.79 Å². The van der Waals surface area contributed by atoms with E-state index in [1.54, 1.807) is 18.2 Å². The molecule has 0 N–H and O–H groups in total. The highest BCUT2D eigenvalue weighted by molar-refractivity contribution is 5.90. The molecule has 0 heterocycles. The first kappa shape index (κ1) is 13.2. The van der Waals surface area contributed by atoms with Crippen molar-refractivity contribution in [3.05, 3.63) is 54.1 Å². The maximum atomic E-state index is 11.9. The number of benzene rings is 1. The first-order chi connectivity index (χ1) is 7.86. The third-order valence-corrected chi connectivity index (χ3v) is 2.76. The van der Waals surface area contributed by atoms with Crippen LogP contribution >= 0.6 is 0 Å². The van der Waals surface area contributed by atoms with Crippen LogP contribution in [0.1, 0.15) is 36.7 Å². The highest BCUT2D eigenvalue weighted by atomic mass is 16.6. The van der Waals surface area contributed by atoms with Gasteiger partial charge in [0.15, 0.2) is 0 Å². The molecule has 0 radical (unpaired) electrons. The SMILES string of the molecule is C=Cc1ccc(C(=O)OC(C)(C)C(=C)C)cc1. The van der Waals surface area contributed by atoms with E-state index >= 15 is 0 Å². The van der Waals surface area contributed by atoms with Crippen LogP contribution in [0.3, 0.4) is 0 Å². The summed E-state index contributed by atoms with van der Waals surface area (Å²) in [5.74, 6) is -0.339. The molecule has 1 aromatic rings. The minimum Gasteiger partial charge on any atom is -0.452 e. The minimum atomic E-state index is -0.645. The molecule has 1 aromatic carbocycles. The molecule has 2 nitrogen and oxygen atoms in total. The van der Waals surface area contributed by atoms with E-state index in [1.165, 1.54) is 0 Å². The van der Waals surface area contributed by atoms with Gasteiger partial charge >= 0.3 is 5.97 Å². The molecule has 90 valence electrons. The van der Waals surface area contributed by atoms with Crippen molar-refractivity contribution in [2.75, 3.05) is 0 Å². The molecule has 0 amide bonds. The predicted octanol–water partition coefficient (Wildman–Crippen LogP) is 3.84. The molecule has 0 unspecified atom stereocenters. The second-order valence-electron chi connectivity index (χ2n) is 4.51. The molecule has 0 bridgehead atoms. The second-order valence-corrected chi connectivity index (χ2v) is 4.51. The van der Waals surface area contributed by atoms with Crippen LogP contribution in [0.15, 0.2) is 43.0 Å². The van der Waals surface area contributed by atoms with Gasteiger partial charge in [-0.2, -0.15) is 0 Å². The molecule has 0 saturated heterocycles. The first-order valence-corrected chi connectivity index (χ1v) is 5.48. The third kappa shape index (κ3) is 3.31. The fraction of sp³-hybridized carbons (Fsp3) is 0.267. The summed E-state index contributed by atoms with van der Waals surface area (Å²) in [5.41, 5.74) is 1.67. The summed E-state index contributed by atoms with van der Waals surface area (Å²) >= 11 is 0. The largest absolute Gasteiger partial charge is 0.452 e. The summed E-state index contributed by atoms with van der Waals surface area (Å²) in [6.45, 7) is 13.0. The molecule has 17 heavy (non-hydrogen) atoms. The first-order valence-electron chi connectivity index (χ1n) is 5.48. The molecule has 0 saturated carbocycles. The van der Waals surface area contributed by atoms with E-state index in [4.69, 9.17) is 4.74 Å². The number of ether oxygens (including phenoxy) is 1. The van der Waals surface area contributed by atoms with Crippen molar-refractivity contribution in [3.63, 3.8) is 0 Å².